The number of fused-ring (bicyclic) bond motifs is 1. The van der Waals surface area contributed by atoms with Gasteiger partial charge in [-0.15, -0.1) is 0 Å². The van der Waals surface area contributed by atoms with Crippen molar-refractivity contribution in [2.45, 2.75) is 26.8 Å². The van der Waals surface area contributed by atoms with Crippen molar-refractivity contribution in [1.29, 1.82) is 0 Å². The number of carboxylic acids is 1. The molecule has 9 heteroatoms. The Morgan fingerprint density at radius 1 is 1.11 bits per heavy atom. The number of ether oxygens (including phenoxy) is 1. The molecule has 196 valence electrons. The lowest BCUT2D eigenvalue weighted by Crippen LogP contribution is -2.37. The summed E-state index contributed by atoms with van der Waals surface area (Å²) >= 11 is 6.23. The Kier molecular flexibility index (Phi) is 7.10. The minimum absolute atomic E-state index is 0.0442. The Morgan fingerprint density at radius 2 is 1.82 bits per heavy atom. The maximum absolute atomic E-state index is 13.4. The molecule has 1 aliphatic rings. The van der Waals surface area contributed by atoms with E-state index in [1.807, 2.05) is 32.0 Å². The summed E-state index contributed by atoms with van der Waals surface area (Å²) < 4.78 is 11.9. The van der Waals surface area contributed by atoms with Gasteiger partial charge >= 0.3 is 5.97 Å². The van der Waals surface area contributed by atoms with Crippen LogP contribution in [0.1, 0.15) is 40.0 Å². The molecule has 1 fully saturated rings. The van der Waals surface area contributed by atoms with Crippen molar-refractivity contribution in [3.8, 4) is 11.3 Å². The Bertz CT molecular complexity index is 1580. The second-order valence-corrected chi connectivity index (χ2v) is 9.86. The summed E-state index contributed by atoms with van der Waals surface area (Å²) in [4.78, 5) is 31.3. The van der Waals surface area contributed by atoms with Gasteiger partial charge in [-0.3, -0.25) is 4.79 Å². The van der Waals surface area contributed by atoms with Gasteiger partial charge in [-0.2, -0.15) is 0 Å². The molecule has 1 saturated heterocycles. The number of carboxylic acid groups (broad SMARTS) is 1. The van der Waals surface area contributed by atoms with Crippen LogP contribution in [-0.2, 0) is 4.74 Å². The van der Waals surface area contributed by atoms with E-state index in [1.165, 1.54) is 12.1 Å². The van der Waals surface area contributed by atoms with Crippen molar-refractivity contribution < 1.29 is 19.1 Å². The fourth-order valence-corrected chi connectivity index (χ4v) is 4.95. The Labute approximate surface area is 224 Å². The lowest BCUT2D eigenvalue weighted by Gasteiger charge is -2.29. The van der Waals surface area contributed by atoms with Crippen LogP contribution >= 0.6 is 11.6 Å². The average molecular weight is 534 g/mol. The first-order valence-corrected chi connectivity index (χ1v) is 12.8. The van der Waals surface area contributed by atoms with Crippen LogP contribution in [0, 0.1) is 13.8 Å². The van der Waals surface area contributed by atoms with E-state index in [0.29, 0.717) is 65.3 Å². The van der Waals surface area contributed by atoms with E-state index in [1.54, 1.807) is 25.1 Å². The molecule has 1 atom stereocenters. The third-order valence-electron chi connectivity index (χ3n) is 6.77. The molecule has 8 nitrogen and oxygen atoms in total. The minimum Gasteiger partial charge on any atom is -0.478 e. The zero-order valence-corrected chi connectivity index (χ0v) is 22.1. The van der Waals surface area contributed by atoms with Crippen molar-refractivity contribution in [1.82, 2.24) is 4.98 Å². The van der Waals surface area contributed by atoms with Crippen molar-refractivity contribution in [3.63, 3.8) is 0 Å². The van der Waals surface area contributed by atoms with Gasteiger partial charge < -0.3 is 24.5 Å². The maximum atomic E-state index is 13.4. The van der Waals surface area contributed by atoms with Gasteiger partial charge in [-0.25, -0.2) is 9.78 Å². The number of halogens is 1. The molecule has 0 radical (unpaired) electrons. The highest BCUT2D eigenvalue weighted by molar-refractivity contribution is 6.29. The van der Waals surface area contributed by atoms with Crippen LogP contribution in [0.2, 0.25) is 5.15 Å². The van der Waals surface area contributed by atoms with Crippen LogP contribution in [-0.4, -0.2) is 42.4 Å². The molecule has 0 spiro atoms. The highest BCUT2D eigenvalue weighted by Gasteiger charge is 2.23. The van der Waals surface area contributed by atoms with E-state index in [9.17, 15) is 14.7 Å². The van der Waals surface area contributed by atoms with Crippen molar-refractivity contribution in [2.24, 2.45) is 0 Å². The first-order chi connectivity index (χ1) is 18.2. The number of nitrogens with zero attached hydrogens (tertiary/aromatic N) is 2. The van der Waals surface area contributed by atoms with Gasteiger partial charge in [0.1, 0.15) is 10.7 Å². The van der Waals surface area contributed by atoms with Gasteiger partial charge in [0.2, 0.25) is 5.88 Å². The van der Waals surface area contributed by atoms with E-state index >= 15 is 0 Å². The molecule has 2 aromatic heterocycles. The molecule has 3 heterocycles. The monoisotopic (exact) mass is 533 g/mol. The number of hydrogen-bond donors (Lipinski definition) is 2. The summed E-state index contributed by atoms with van der Waals surface area (Å²) in [5, 5.41) is 13.6. The molecule has 2 aromatic carbocycles. The Balaban J connectivity index is 1.57. The molecule has 5 rings (SSSR count). The van der Waals surface area contributed by atoms with Gasteiger partial charge in [0.05, 0.1) is 47.2 Å². The van der Waals surface area contributed by atoms with Crippen molar-refractivity contribution in [3.05, 3.63) is 86.2 Å². The molecule has 0 aliphatic carbocycles. The number of pyridine rings is 1. The van der Waals surface area contributed by atoms with Gasteiger partial charge in [0, 0.05) is 24.2 Å². The topological polar surface area (TPSA) is 105 Å². The minimum atomic E-state index is -0.998. The van der Waals surface area contributed by atoms with Crippen LogP contribution in [0.25, 0.3) is 22.2 Å². The summed E-state index contributed by atoms with van der Waals surface area (Å²) in [6.07, 6.45) is 0. The molecule has 0 amide bonds. The number of carbonyl (C=O) groups is 1. The number of aromatic carboxylic acids is 1. The van der Waals surface area contributed by atoms with Gasteiger partial charge in [0.15, 0.2) is 5.43 Å². The SMILES string of the molecule is Cc1cc(C(C)Nc2ccc(Cl)nc2-c2ccc(C(=O)O)cc2)c2oc(N3CCOCC3)c(C)c(=O)c2c1. The summed E-state index contributed by atoms with van der Waals surface area (Å²) in [7, 11) is 0. The number of rotatable bonds is 6. The van der Waals surface area contributed by atoms with Crippen molar-refractivity contribution in [2.75, 3.05) is 36.5 Å². The molecular weight excluding hydrogens is 506 g/mol. The van der Waals surface area contributed by atoms with E-state index in [0.717, 1.165) is 16.7 Å². The fourth-order valence-electron chi connectivity index (χ4n) is 4.80. The van der Waals surface area contributed by atoms with E-state index in [2.05, 4.69) is 15.2 Å². The third kappa shape index (κ3) is 4.97. The number of anilines is 2. The quantitative estimate of drug-likeness (QED) is 0.298. The van der Waals surface area contributed by atoms with E-state index < -0.39 is 5.97 Å². The van der Waals surface area contributed by atoms with E-state index in [-0.39, 0.29) is 17.0 Å². The smallest absolute Gasteiger partial charge is 0.335 e. The maximum Gasteiger partial charge on any atom is 0.335 e. The highest BCUT2D eigenvalue weighted by Crippen LogP contribution is 2.34. The first-order valence-electron chi connectivity index (χ1n) is 12.4. The second-order valence-electron chi connectivity index (χ2n) is 9.47. The standard InChI is InChI=1S/C29H28ClN3O5/c1-16-14-21(27-22(15-16)26(34)17(2)28(38-27)33-10-12-37-13-11-33)18(3)31-23-8-9-24(30)32-25(23)19-4-6-20(7-5-19)29(35)36/h4-9,14-15,18,31H,10-13H2,1-3H3,(H,35,36). The summed E-state index contributed by atoms with van der Waals surface area (Å²) in [5.41, 5.74) is 5.08. The van der Waals surface area contributed by atoms with Crippen LogP contribution < -0.4 is 15.6 Å². The molecule has 2 N–H and O–H groups in total. The fraction of sp³-hybridized carbons (Fsp3) is 0.276. The number of benzene rings is 2. The zero-order chi connectivity index (χ0) is 27.0. The van der Waals surface area contributed by atoms with Crippen molar-refractivity contribution >= 4 is 40.1 Å². The summed E-state index contributed by atoms with van der Waals surface area (Å²) in [6, 6.07) is 13.6. The number of aryl methyl sites for hydroxylation is 1. The Hall–Kier alpha value is -3.88. The van der Waals surface area contributed by atoms with Gasteiger partial charge in [-0.05, 0) is 56.7 Å². The molecule has 38 heavy (non-hydrogen) atoms. The highest BCUT2D eigenvalue weighted by atomic mass is 35.5. The lowest BCUT2D eigenvalue weighted by molar-refractivity contribution is 0.0697. The Morgan fingerprint density at radius 3 is 2.50 bits per heavy atom. The van der Waals surface area contributed by atoms with Crippen LogP contribution in [0.15, 0.2) is 57.7 Å². The second kappa shape index (κ2) is 10.5. The van der Waals surface area contributed by atoms with Crippen LogP contribution in [0.3, 0.4) is 0 Å². The molecule has 1 aliphatic heterocycles. The normalized spacial score (nSPS) is 14.5. The number of aromatic nitrogens is 1. The molecule has 1 unspecified atom stereocenters. The van der Waals surface area contributed by atoms with Crippen LogP contribution in [0.4, 0.5) is 11.6 Å². The van der Waals surface area contributed by atoms with Crippen LogP contribution in [0.5, 0.6) is 0 Å². The molecular formula is C29H28ClN3O5. The average Bonchev–Trinajstić information content (AvgIpc) is 2.92. The number of morpholine rings is 1. The summed E-state index contributed by atoms with van der Waals surface area (Å²) in [5.74, 6) is -0.419. The number of hydrogen-bond acceptors (Lipinski definition) is 7. The molecule has 0 bridgehead atoms. The predicted molar refractivity (Wildman–Crippen MR) is 149 cm³/mol. The largest absolute Gasteiger partial charge is 0.478 e. The predicted octanol–water partition coefficient (Wildman–Crippen LogP) is 5.83. The lowest BCUT2D eigenvalue weighted by atomic mass is 9.99. The molecule has 0 saturated carbocycles. The zero-order valence-electron chi connectivity index (χ0n) is 21.4. The molecule has 4 aromatic rings. The number of nitrogens with one attached hydrogen (secondary N) is 1. The van der Waals surface area contributed by atoms with Gasteiger partial charge in [-0.1, -0.05) is 29.8 Å². The van der Waals surface area contributed by atoms with E-state index in [4.69, 9.17) is 20.8 Å². The summed E-state index contributed by atoms with van der Waals surface area (Å²) in [6.45, 7) is 8.24. The third-order valence-corrected chi connectivity index (χ3v) is 6.98. The first kappa shape index (κ1) is 25.8. The van der Waals surface area contributed by atoms with Gasteiger partial charge in [0.25, 0.3) is 0 Å².